The summed E-state index contributed by atoms with van der Waals surface area (Å²) in [5.41, 5.74) is 5.33. The van der Waals surface area contributed by atoms with Crippen LogP contribution in [0.4, 0.5) is 5.69 Å². The molecule has 0 unspecified atom stereocenters. The van der Waals surface area contributed by atoms with Crippen molar-refractivity contribution < 1.29 is 4.79 Å². The normalized spacial score (nSPS) is 9.42. The standard InChI is InChI=1S/C7H5ClN2O2/c8-6-3-4(10-12)1-2-5(6)7(9)11/h1-3H,(H2,9,11). The first kappa shape index (κ1) is 8.67. The van der Waals surface area contributed by atoms with Gasteiger partial charge in [0, 0.05) is 0 Å². The smallest absolute Gasteiger partial charge is 0.250 e. The molecule has 0 aliphatic heterocycles. The molecule has 0 atom stereocenters. The van der Waals surface area contributed by atoms with E-state index in [1.165, 1.54) is 18.2 Å². The van der Waals surface area contributed by atoms with Crippen LogP contribution < -0.4 is 5.73 Å². The second-order valence-corrected chi connectivity index (χ2v) is 2.53. The average molecular weight is 185 g/mol. The first-order valence-electron chi connectivity index (χ1n) is 3.08. The molecule has 0 fully saturated rings. The Hall–Kier alpha value is -1.42. The fourth-order valence-corrected chi connectivity index (χ4v) is 1.03. The molecule has 0 heterocycles. The fourth-order valence-electron chi connectivity index (χ4n) is 0.761. The van der Waals surface area contributed by atoms with Crippen molar-refractivity contribution in [1.29, 1.82) is 0 Å². The summed E-state index contributed by atoms with van der Waals surface area (Å²) in [6.45, 7) is 0. The third-order valence-electron chi connectivity index (χ3n) is 1.32. The molecule has 2 N–H and O–H groups in total. The van der Waals surface area contributed by atoms with E-state index in [4.69, 9.17) is 17.3 Å². The molecule has 1 amide bonds. The lowest BCUT2D eigenvalue weighted by Crippen LogP contribution is -2.11. The second-order valence-electron chi connectivity index (χ2n) is 2.12. The molecular weight excluding hydrogens is 180 g/mol. The minimum atomic E-state index is -0.627. The van der Waals surface area contributed by atoms with Crippen LogP contribution in [-0.2, 0) is 0 Å². The van der Waals surface area contributed by atoms with Gasteiger partial charge >= 0.3 is 0 Å². The van der Waals surface area contributed by atoms with E-state index in [9.17, 15) is 9.70 Å². The van der Waals surface area contributed by atoms with Crippen molar-refractivity contribution >= 4 is 23.2 Å². The van der Waals surface area contributed by atoms with Crippen molar-refractivity contribution in [1.82, 2.24) is 0 Å². The monoisotopic (exact) mass is 184 g/mol. The van der Waals surface area contributed by atoms with Crippen molar-refractivity contribution in [2.24, 2.45) is 10.9 Å². The Labute approximate surface area is 73.3 Å². The molecule has 0 spiro atoms. The van der Waals surface area contributed by atoms with Crippen LogP contribution in [0.1, 0.15) is 10.4 Å². The van der Waals surface area contributed by atoms with Gasteiger partial charge in [-0.2, -0.15) is 0 Å². The SMILES string of the molecule is NC(=O)c1ccc(N=O)cc1Cl. The molecule has 62 valence electrons. The summed E-state index contributed by atoms with van der Waals surface area (Å²) in [7, 11) is 0. The van der Waals surface area contributed by atoms with E-state index >= 15 is 0 Å². The van der Waals surface area contributed by atoms with E-state index in [1.807, 2.05) is 0 Å². The molecule has 1 aromatic carbocycles. The highest BCUT2D eigenvalue weighted by Crippen LogP contribution is 2.21. The maximum absolute atomic E-state index is 10.7. The summed E-state index contributed by atoms with van der Waals surface area (Å²) in [5, 5.41) is 2.78. The van der Waals surface area contributed by atoms with Crippen LogP contribution in [0.25, 0.3) is 0 Å². The topological polar surface area (TPSA) is 72.5 Å². The number of hydrogen-bond donors (Lipinski definition) is 1. The second kappa shape index (κ2) is 3.32. The molecule has 1 aromatic rings. The van der Waals surface area contributed by atoms with Crippen LogP contribution in [0, 0.1) is 4.91 Å². The Kier molecular flexibility index (Phi) is 2.40. The largest absolute Gasteiger partial charge is 0.366 e. The molecule has 0 radical (unpaired) electrons. The van der Waals surface area contributed by atoms with Gasteiger partial charge in [0.15, 0.2) is 0 Å². The molecule has 4 nitrogen and oxygen atoms in total. The van der Waals surface area contributed by atoms with Crippen LogP contribution >= 0.6 is 11.6 Å². The lowest BCUT2D eigenvalue weighted by atomic mass is 10.2. The van der Waals surface area contributed by atoms with Crippen LogP contribution in [0.3, 0.4) is 0 Å². The molecular formula is C7H5ClN2O2. The van der Waals surface area contributed by atoms with Crippen molar-refractivity contribution in [3.63, 3.8) is 0 Å². The molecule has 0 aliphatic rings. The predicted molar refractivity (Wildman–Crippen MR) is 45.4 cm³/mol. The summed E-state index contributed by atoms with van der Waals surface area (Å²) in [6.07, 6.45) is 0. The summed E-state index contributed by atoms with van der Waals surface area (Å²) in [5.74, 6) is -0.627. The third kappa shape index (κ3) is 1.60. The van der Waals surface area contributed by atoms with Crippen LogP contribution in [0.5, 0.6) is 0 Å². The summed E-state index contributed by atoms with van der Waals surface area (Å²) < 4.78 is 0. The Morgan fingerprint density at radius 3 is 2.58 bits per heavy atom. The molecule has 5 heteroatoms. The predicted octanol–water partition coefficient (Wildman–Crippen LogP) is 1.84. The molecule has 0 saturated carbocycles. The van der Waals surface area contributed by atoms with Crippen molar-refractivity contribution in [3.8, 4) is 0 Å². The maximum Gasteiger partial charge on any atom is 0.250 e. The zero-order valence-electron chi connectivity index (χ0n) is 5.95. The molecule has 1 rings (SSSR count). The third-order valence-corrected chi connectivity index (χ3v) is 1.64. The fraction of sp³-hybridized carbons (Fsp3) is 0. The zero-order chi connectivity index (χ0) is 9.14. The number of hydrogen-bond acceptors (Lipinski definition) is 3. The van der Waals surface area contributed by atoms with Gasteiger partial charge in [-0.3, -0.25) is 4.79 Å². The molecule has 0 saturated heterocycles. The van der Waals surface area contributed by atoms with Gasteiger partial charge in [-0.1, -0.05) is 11.6 Å². The van der Waals surface area contributed by atoms with E-state index < -0.39 is 5.91 Å². The quantitative estimate of drug-likeness (QED) is 0.713. The number of primary amides is 1. The van der Waals surface area contributed by atoms with E-state index in [0.717, 1.165) is 0 Å². The van der Waals surface area contributed by atoms with E-state index in [-0.39, 0.29) is 16.3 Å². The number of nitrogens with zero attached hydrogens (tertiary/aromatic N) is 1. The lowest BCUT2D eigenvalue weighted by Gasteiger charge is -1.97. The van der Waals surface area contributed by atoms with Crippen LogP contribution in [0.2, 0.25) is 5.02 Å². The minimum Gasteiger partial charge on any atom is -0.366 e. The van der Waals surface area contributed by atoms with Gasteiger partial charge in [-0.15, -0.1) is 4.91 Å². The average Bonchev–Trinajstić information content (AvgIpc) is 2.03. The number of nitrogens with two attached hydrogens (primary N) is 1. The van der Waals surface area contributed by atoms with Gasteiger partial charge in [0.2, 0.25) is 5.91 Å². The van der Waals surface area contributed by atoms with Gasteiger partial charge in [-0.25, -0.2) is 0 Å². The van der Waals surface area contributed by atoms with Gasteiger partial charge in [0.1, 0.15) is 5.69 Å². The number of halogens is 1. The van der Waals surface area contributed by atoms with Gasteiger partial charge in [0.05, 0.1) is 10.6 Å². The van der Waals surface area contributed by atoms with Crippen LogP contribution in [0.15, 0.2) is 23.4 Å². The number of rotatable bonds is 2. The molecule has 0 bridgehead atoms. The Balaban J connectivity index is 3.20. The van der Waals surface area contributed by atoms with Crippen molar-refractivity contribution in [2.45, 2.75) is 0 Å². The Morgan fingerprint density at radius 2 is 2.17 bits per heavy atom. The molecule has 0 aromatic heterocycles. The Bertz CT molecular complexity index is 338. The Morgan fingerprint density at radius 1 is 1.50 bits per heavy atom. The van der Waals surface area contributed by atoms with Crippen molar-refractivity contribution in [2.75, 3.05) is 0 Å². The summed E-state index contributed by atoms with van der Waals surface area (Å²) in [4.78, 5) is 20.7. The highest BCUT2D eigenvalue weighted by molar-refractivity contribution is 6.34. The highest BCUT2D eigenvalue weighted by atomic mass is 35.5. The zero-order valence-corrected chi connectivity index (χ0v) is 6.71. The number of amides is 1. The molecule has 12 heavy (non-hydrogen) atoms. The highest BCUT2D eigenvalue weighted by Gasteiger charge is 2.06. The lowest BCUT2D eigenvalue weighted by molar-refractivity contribution is 0.100. The van der Waals surface area contributed by atoms with E-state index in [0.29, 0.717) is 0 Å². The van der Waals surface area contributed by atoms with Crippen molar-refractivity contribution in [3.05, 3.63) is 33.7 Å². The van der Waals surface area contributed by atoms with E-state index in [2.05, 4.69) is 5.18 Å². The van der Waals surface area contributed by atoms with E-state index in [1.54, 1.807) is 0 Å². The summed E-state index contributed by atoms with van der Waals surface area (Å²) >= 11 is 5.60. The number of benzene rings is 1. The van der Waals surface area contributed by atoms with Crippen LogP contribution in [-0.4, -0.2) is 5.91 Å². The first-order chi connectivity index (χ1) is 5.65. The number of nitroso groups, excluding NO2 is 1. The van der Waals surface area contributed by atoms with Gasteiger partial charge in [-0.05, 0) is 23.4 Å². The maximum atomic E-state index is 10.7. The number of carbonyl (C=O) groups excluding carboxylic acids is 1. The minimum absolute atomic E-state index is 0.139. The summed E-state index contributed by atoms with van der Waals surface area (Å²) in [6, 6.07) is 4.02. The molecule has 0 aliphatic carbocycles. The van der Waals surface area contributed by atoms with Gasteiger partial charge < -0.3 is 5.73 Å². The first-order valence-corrected chi connectivity index (χ1v) is 3.45. The number of carbonyl (C=O) groups is 1. The van der Waals surface area contributed by atoms with Gasteiger partial charge in [0.25, 0.3) is 0 Å².